The van der Waals surface area contributed by atoms with Crippen LogP contribution in [0.2, 0.25) is 0 Å². The zero-order valence-electron chi connectivity index (χ0n) is 12.2. The molecule has 0 aliphatic heterocycles. The Hall–Kier alpha value is -1.72. The molecule has 0 saturated heterocycles. The number of H-pyrrole nitrogens is 1. The molecule has 4 N–H and O–H groups in total. The number of nitrogens with zero attached hydrogens (tertiary/aromatic N) is 1. The lowest BCUT2D eigenvalue weighted by molar-refractivity contribution is 0.389. The Bertz CT molecular complexity index is 537. The minimum absolute atomic E-state index is 0.173. The molecule has 0 aromatic carbocycles. The monoisotopic (exact) mass is 268 g/mol. The number of nitrogen functional groups attached to an aromatic ring is 1. The summed E-state index contributed by atoms with van der Waals surface area (Å²) in [7, 11) is 0. The van der Waals surface area contributed by atoms with Crippen molar-refractivity contribution in [1.29, 1.82) is 0 Å². The summed E-state index contributed by atoms with van der Waals surface area (Å²) < 4.78 is 1.39. The van der Waals surface area contributed by atoms with Gasteiger partial charge in [0, 0.05) is 13.1 Å². The van der Waals surface area contributed by atoms with Gasteiger partial charge in [-0.1, -0.05) is 27.7 Å². The van der Waals surface area contributed by atoms with Gasteiger partial charge in [0.15, 0.2) is 0 Å². The van der Waals surface area contributed by atoms with Crippen molar-refractivity contribution in [3.8, 4) is 0 Å². The third-order valence-corrected chi connectivity index (χ3v) is 2.86. The van der Waals surface area contributed by atoms with E-state index in [1.807, 2.05) is 6.92 Å². The predicted octanol–water partition coefficient (Wildman–Crippen LogP) is 1.38. The van der Waals surface area contributed by atoms with E-state index in [2.05, 4.69) is 31.1 Å². The third-order valence-electron chi connectivity index (χ3n) is 2.86. The molecule has 1 rings (SSSR count). The summed E-state index contributed by atoms with van der Waals surface area (Å²) in [6.07, 6.45) is 1.68. The smallest absolute Gasteiger partial charge is 0.330 e. The first-order valence-electron chi connectivity index (χ1n) is 6.62. The maximum atomic E-state index is 11.8. The second kappa shape index (κ2) is 5.95. The van der Waals surface area contributed by atoms with Gasteiger partial charge in [0.1, 0.15) is 11.5 Å². The molecule has 6 heteroatoms. The summed E-state index contributed by atoms with van der Waals surface area (Å²) in [5.74, 6) is 0.213. The number of aromatic amines is 1. The fourth-order valence-electron chi connectivity index (χ4n) is 1.77. The van der Waals surface area contributed by atoms with Crippen LogP contribution in [-0.4, -0.2) is 16.1 Å². The maximum Gasteiger partial charge on any atom is 0.330 e. The summed E-state index contributed by atoms with van der Waals surface area (Å²) in [6.45, 7) is 9.46. The van der Waals surface area contributed by atoms with Crippen molar-refractivity contribution in [2.75, 3.05) is 17.6 Å². The molecule has 0 spiro atoms. The van der Waals surface area contributed by atoms with E-state index in [9.17, 15) is 9.59 Å². The Morgan fingerprint density at radius 3 is 2.47 bits per heavy atom. The summed E-state index contributed by atoms with van der Waals surface area (Å²) in [4.78, 5) is 25.7. The normalized spacial score (nSPS) is 11.6. The van der Waals surface area contributed by atoms with Gasteiger partial charge < -0.3 is 11.1 Å². The van der Waals surface area contributed by atoms with Crippen molar-refractivity contribution < 1.29 is 0 Å². The van der Waals surface area contributed by atoms with E-state index in [0.717, 1.165) is 12.8 Å². The number of hydrogen-bond acceptors (Lipinski definition) is 4. The van der Waals surface area contributed by atoms with Gasteiger partial charge in [0.2, 0.25) is 0 Å². The molecule has 0 atom stereocenters. The van der Waals surface area contributed by atoms with Gasteiger partial charge in [-0.25, -0.2) is 4.79 Å². The van der Waals surface area contributed by atoms with Crippen molar-refractivity contribution in [3.05, 3.63) is 20.8 Å². The van der Waals surface area contributed by atoms with Crippen molar-refractivity contribution in [2.24, 2.45) is 5.41 Å². The van der Waals surface area contributed by atoms with Gasteiger partial charge in [-0.15, -0.1) is 0 Å². The van der Waals surface area contributed by atoms with Crippen molar-refractivity contribution >= 4 is 11.5 Å². The number of anilines is 2. The average molecular weight is 268 g/mol. The molecule has 0 radical (unpaired) electrons. The van der Waals surface area contributed by atoms with Gasteiger partial charge in [0.05, 0.1) is 0 Å². The molecule has 0 amide bonds. The number of nitrogens with one attached hydrogen (secondary N) is 2. The molecular weight excluding hydrogens is 244 g/mol. The van der Waals surface area contributed by atoms with Crippen LogP contribution in [0.3, 0.4) is 0 Å². The van der Waals surface area contributed by atoms with Crippen LogP contribution in [0.25, 0.3) is 0 Å². The Kier molecular flexibility index (Phi) is 4.80. The number of hydrogen-bond donors (Lipinski definition) is 3. The number of nitrogens with two attached hydrogens (primary N) is 1. The van der Waals surface area contributed by atoms with Crippen LogP contribution >= 0.6 is 0 Å². The van der Waals surface area contributed by atoms with E-state index in [4.69, 9.17) is 5.73 Å². The van der Waals surface area contributed by atoms with Crippen LogP contribution < -0.4 is 22.3 Å². The molecule has 0 aliphatic carbocycles. The number of aromatic nitrogens is 2. The molecule has 0 bridgehead atoms. The van der Waals surface area contributed by atoms with E-state index < -0.39 is 11.2 Å². The van der Waals surface area contributed by atoms with Gasteiger partial charge in [-0.2, -0.15) is 0 Å². The highest BCUT2D eigenvalue weighted by Crippen LogP contribution is 2.19. The lowest BCUT2D eigenvalue weighted by Gasteiger charge is -2.19. The second-order valence-corrected chi connectivity index (χ2v) is 5.91. The van der Waals surface area contributed by atoms with Crippen molar-refractivity contribution in [2.45, 2.75) is 47.1 Å². The minimum atomic E-state index is -0.455. The highest BCUT2D eigenvalue weighted by Gasteiger charge is 2.13. The molecule has 0 aliphatic rings. The molecule has 19 heavy (non-hydrogen) atoms. The fourth-order valence-corrected chi connectivity index (χ4v) is 1.77. The molecule has 0 saturated carbocycles. The third kappa shape index (κ3) is 4.15. The Balaban J connectivity index is 2.98. The topological polar surface area (TPSA) is 92.9 Å². The van der Waals surface area contributed by atoms with E-state index in [1.165, 1.54) is 4.57 Å². The quantitative estimate of drug-likeness (QED) is 0.752. The van der Waals surface area contributed by atoms with Gasteiger partial charge in [0.25, 0.3) is 5.56 Å². The first kappa shape index (κ1) is 15.3. The lowest BCUT2D eigenvalue weighted by Crippen LogP contribution is -2.34. The first-order valence-corrected chi connectivity index (χ1v) is 6.62. The summed E-state index contributed by atoms with van der Waals surface area (Å²) >= 11 is 0. The van der Waals surface area contributed by atoms with Crippen LogP contribution in [0.4, 0.5) is 11.5 Å². The van der Waals surface area contributed by atoms with Gasteiger partial charge >= 0.3 is 5.69 Å². The molecule has 0 fully saturated rings. The SMILES string of the molecule is CCCn1c(N)c(NCCC(C)(C)C)c(=O)[nH]c1=O. The molecule has 1 heterocycles. The summed E-state index contributed by atoms with van der Waals surface area (Å²) in [5, 5.41) is 3.04. The molecule has 6 nitrogen and oxygen atoms in total. The zero-order chi connectivity index (χ0) is 14.6. The van der Waals surface area contributed by atoms with Crippen LogP contribution in [-0.2, 0) is 6.54 Å². The standard InChI is InChI=1S/C13H24N4O2/c1-5-8-17-10(14)9(11(18)16-12(17)19)15-7-6-13(2,3)4/h15H,5-8,14H2,1-4H3,(H,16,18,19). The lowest BCUT2D eigenvalue weighted by atomic mass is 9.92. The molecule has 1 aromatic heterocycles. The highest BCUT2D eigenvalue weighted by molar-refractivity contribution is 5.60. The van der Waals surface area contributed by atoms with Gasteiger partial charge in [-0.05, 0) is 18.3 Å². The molecular formula is C13H24N4O2. The first-order chi connectivity index (χ1) is 8.76. The van der Waals surface area contributed by atoms with E-state index in [-0.39, 0.29) is 16.9 Å². The maximum absolute atomic E-state index is 11.8. The Labute approximate surface area is 113 Å². The summed E-state index contributed by atoms with van der Waals surface area (Å²) in [5.41, 5.74) is 5.46. The highest BCUT2D eigenvalue weighted by atomic mass is 16.2. The van der Waals surface area contributed by atoms with Crippen LogP contribution in [0.1, 0.15) is 40.5 Å². The van der Waals surface area contributed by atoms with Gasteiger partial charge in [-0.3, -0.25) is 14.3 Å². The Morgan fingerprint density at radius 2 is 1.95 bits per heavy atom. The van der Waals surface area contributed by atoms with E-state index >= 15 is 0 Å². The fraction of sp³-hybridized carbons (Fsp3) is 0.692. The molecule has 1 aromatic rings. The van der Waals surface area contributed by atoms with Crippen LogP contribution in [0.15, 0.2) is 9.59 Å². The molecule has 0 unspecified atom stereocenters. The van der Waals surface area contributed by atoms with Crippen molar-refractivity contribution in [1.82, 2.24) is 9.55 Å². The average Bonchev–Trinajstić information content (AvgIpc) is 2.27. The number of rotatable bonds is 5. The largest absolute Gasteiger partial charge is 0.383 e. The van der Waals surface area contributed by atoms with E-state index in [0.29, 0.717) is 13.1 Å². The minimum Gasteiger partial charge on any atom is -0.383 e. The zero-order valence-corrected chi connectivity index (χ0v) is 12.2. The second-order valence-electron chi connectivity index (χ2n) is 5.91. The predicted molar refractivity (Wildman–Crippen MR) is 78.6 cm³/mol. The Morgan fingerprint density at radius 1 is 1.32 bits per heavy atom. The van der Waals surface area contributed by atoms with Crippen LogP contribution in [0, 0.1) is 5.41 Å². The van der Waals surface area contributed by atoms with Crippen LogP contribution in [0.5, 0.6) is 0 Å². The molecule has 108 valence electrons. The summed E-state index contributed by atoms with van der Waals surface area (Å²) in [6, 6.07) is 0. The van der Waals surface area contributed by atoms with Crippen molar-refractivity contribution in [3.63, 3.8) is 0 Å². The van der Waals surface area contributed by atoms with E-state index in [1.54, 1.807) is 0 Å².